The summed E-state index contributed by atoms with van der Waals surface area (Å²) in [6.07, 6.45) is -2.63. The van der Waals surface area contributed by atoms with Crippen LogP contribution in [0.1, 0.15) is 22.7 Å². The van der Waals surface area contributed by atoms with E-state index < -0.39 is 31.8 Å². The Bertz CT molecular complexity index is 1270. The van der Waals surface area contributed by atoms with E-state index in [9.17, 15) is 26.9 Å². The SMILES string of the molecule is Cc1cc(CN(c2cn(-c3c(Cl)cc(C(F)(F)F)cc3Cl)nc2C#N)S(C)(=O)=O)no1. The van der Waals surface area contributed by atoms with Gasteiger partial charge in [0.05, 0.1) is 34.6 Å². The van der Waals surface area contributed by atoms with Gasteiger partial charge in [-0.3, -0.25) is 4.31 Å². The second-order valence-corrected chi connectivity index (χ2v) is 9.13. The molecule has 2 heterocycles. The fraction of sp³-hybridized carbons (Fsp3) is 0.235. The Morgan fingerprint density at radius 1 is 1.26 bits per heavy atom. The molecular weight excluding hydrogens is 482 g/mol. The fourth-order valence-electron chi connectivity index (χ4n) is 2.71. The number of aromatic nitrogens is 3. The number of aryl methyl sites for hydroxylation is 1. The van der Waals surface area contributed by atoms with Crippen molar-refractivity contribution in [2.45, 2.75) is 19.6 Å². The summed E-state index contributed by atoms with van der Waals surface area (Å²) >= 11 is 12.0. The third kappa shape index (κ3) is 4.79. The molecule has 164 valence electrons. The van der Waals surface area contributed by atoms with Crippen molar-refractivity contribution in [1.82, 2.24) is 14.9 Å². The van der Waals surface area contributed by atoms with Crippen molar-refractivity contribution in [3.8, 4) is 11.8 Å². The normalized spacial score (nSPS) is 12.1. The van der Waals surface area contributed by atoms with Crippen LogP contribution in [0, 0.1) is 18.3 Å². The lowest BCUT2D eigenvalue weighted by Crippen LogP contribution is -2.29. The Morgan fingerprint density at radius 2 is 1.87 bits per heavy atom. The van der Waals surface area contributed by atoms with Crippen molar-refractivity contribution in [2.75, 3.05) is 10.6 Å². The molecule has 2 aromatic heterocycles. The van der Waals surface area contributed by atoms with Gasteiger partial charge in [0.15, 0.2) is 5.69 Å². The Morgan fingerprint density at radius 3 is 2.32 bits per heavy atom. The molecule has 0 spiro atoms. The zero-order valence-electron chi connectivity index (χ0n) is 15.8. The lowest BCUT2D eigenvalue weighted by atomic mass is 10.2. The molecule has 31 heavy (non-hydrogen) atoms. The number of hydrogen-bond acceptors (Lipinski definition) is 6. The molecule has 0 radical (unpaired) electrons. The zero-order valence-corrected chi connectivity index (χ0v) is 18.1. The third-order valence-electron chi connectivity index (χ3n) is 4.03. The second kappa shape index (κ2) is 8.07. The standard InChI is InChI=1S/C17H12Cl2F3N5O3S/c1-9-3-11(25-30-9)7-27(31(2,28)29)15-8-26(24-14(15)6-23)16-12(18)4-10(5-13(16)19)17(20,21)22/h3-5,8H,7H2,1-2H3. The number of halogens is 5. The van der Waals surface area contributed by atoms with Crippen LogP contribution in [0.3, 0.4) is 0 Å². The highest BCUT2D eigenvalue weighted by Crippen LogP contribution is 2.38. The number of nitrogens with zero attached hydrogens (tertiary/aromatic N) is 5. The molecule has 8 nitrogen and oxygen atoms in total. The average molecular weight is 494 g/mol. The lowest BCUT2D eigenvalue weighted by Gasteiger charge is -2.19. The maximum Gasteiger partial charge on any atom is 0.416 e. The quantitative estimate of drug-likeness (QED) is 0.523. The first-order valence-electron chi connectivity index (χ1n) is 8.27. The number of rotatable bonds is 5. The largest absolute Gasteiger partial charge is 0.416 e. The average Bonchev–Trinajstić information content (AvgIpc) is 3.23. The minimum absolute atomic E-state index is 0.141. The lowest BCUT2D eigenvalue weighted by molar-refractivity contribution is -0.137. The molecule has 0 aliphatic rings. The van der Waals surface area contributed by atoms with Gasteiger partial charge in [-0.05, 0) is 19.1 Å². The molecule has 0 amide bonds. The van der Waals surface area contributed by atoms with E-state index in [0.29, 0.717) is 17.9 Å². The molecule has 3 rings (SSSR count). The number of sulfonamides is 1. The van der Waals surface area contributed by atoms with Crippen LogP contribution in [0.4, 0.5) is 18.9 Å². The van der Waals surface area contributed by atoms with Crippen LogP contribution in [-0.4, -0.2) is 29.6 Å². The van der Waals surface area contributed by atoms with Gasteiger partial charge in [-0.1, -0.05) is 28.4 Å². The van der Waals surface area contributed by atoms with E-state index in [2.05, 4.69) is 10.3 Å². The van der Waals surface area contributed by atoms with Crippen LogP contribution >= 0.6 is 23.2 Å². The molecule has 0 N–H and O–H groups in total. The van der Waals surface area contributed by atoms with E-state index in [-0.39, 0.29) is 29.3 Å². The minimum atomic E-state index is -4.68. The number of benzene rings is 1. The Kier molecular flexibility index (Phi) is 5.96. The van der Waals surface area contributed by atoms with E-state index >= 15 is 0 Å². The zero-order chi connectivity index (χ0) is 23.1. The van der Waals surface area contributed by atoms with Gasteiger partial charge in [0, 0.05) is 6.07 Å². The fourth-order valence-corrected chi connectivity index (χ4v) is 4.23. The van der Waals surface area contributed by atoms with Crippen molar-refractivity contribution in [3.63, 3.8) is 0 Å². The molecule has 0 unspecified atom stereocenters. The topological polar surface area (TPSA) is 105 Å². The molecule has 0 fully saturated rings. The van der Waals surface area contributed by atoms with Crippen LogP contribution < -0.4 is 4.31 Å². The van der Waals surface area contributed by atoms with Crippen LogP contribution in [0.2, 0.25) is 10.0 Å². The Hall–Kier alpha value is -2.75. The molecule has 3 aromatic rings. The molecule has 0 saturated carbocycles. The first-order chi connectivity index (χ1) is 14.3. The van der Waals surface area contributed by atoms with E-state index in [1.807, 2.05) is 0 Å². The number of alkyl halides is 3. The number of anilines is 1. The first kappa shape index (κ1) is 22.9. The van der Waals surface area contributed by atoms with Crippen LogP contribution in [0.15, 0.2) is 28.9 Å². The summed E-state index contributed by atoms with van der Waals surface area (Å²) in [7, 11) is -3.92. The predicted molar refractivity (Wildman–Crippen MR) is 106 cm³/mol. The summed E-state index contributed by atoms with van der Waals surface area (Å²) in [5.41, 5.74) is -1.41. The van der Waals surface area contributed by atoms with Crippen molar-refractivity contribution >= 4 is 38.9 Å². The highest BCUT2D eigenvalue weighted by molar-refractivity contribution is 7.92. The summed E-state index contributed by atoms with van der Waals surface area (Å²) in [5, 5.41) is 16.4. The number of nitriles is 1. The maximum atomic E-state index is 13.0. The molecular formula is C17H12Cl2F3N5O3S. The summed E-state index contributed by atoms with van der Waals surface area (Å²) in [6, 6.07) is 4.58. The van der Waals surface area contributed by atoms with Gasteiger partial charge in [0.2, 0.25) is 10.0 Å². The van der Waals surface area contributed by atoms with Crippen LogP contribution in [0.25, 0.3) is 5.69 Å². The highest BCUT2D eigenvalue weighted by Gasteiger charge is 2.33. The Labute approximate surface area is 184 Å². The summed E-state index contributed by atoms with van der Waals surface area (Å²) in [6.45, 7) is 1.35. The molecule has 0 bridgehead atoms. The number of hydrogen-bond donors (Lipinski definition) is 0. The highest BCUT2D eigenvalue weighted by atomic mass is 35.5. The summed E-state index contributed by atoms with van der Waals surface area (Å²) < 4.78 is 70.5. The van der Waals surface area contributed by atoms with Crippen molar-refractivity contribution < 1.29 is 26.1 Å². The van der Waals surface area contributed by atoms with Crippen molar-refractivity contribution in [2.24, 2.45) is 0 Å². The third-order valence-corrected chi connectivity index (χ3v) is 5.73. The van der Waals surface area contributed by atoms with E-state index in [0.717, 1.165) is 21.4 Å². The van der Waals surface area contributed by atoms with Gasteiger partial charge in [0.1, 0.15) is 28.9 Å². The van der Waals surface area contributed by atoms with E-state index in [1.54, 1.807) is 13.0 Å². The summed E-state index contributed by atoms with van der Waals surface area (Å²) in [5.74, 6) is 0.447. The molecule has 0 saturated heterocycles. The monoisotopic (exact) mass is 493 g/mol. The minimum Gasteiger partial charge on any atom is -0.361 e. The second-order valence-electron chi connectivity index (χ2n) is 6.40. The van der Waals surface area contributed by atoms with E-state index in [1.165, 1.54) is 6.07 Å². The van der Waals surface area contributed by atoms with Gasteiger partial charge >= 0.3 is 6.18 Å². The van der Waals surface area contributed by atoms with Crippen molar-refractivity contribution in [3.05, 3.63) is 57.2 Å². The molecule has 0 aliphatic carbocycles. The van der Waals surface area contributed by atoms with Crippen LogP contribution in [-0.2, 0) is 22.7 Å². The van der Waals surface area contributed by atoms with Gasteiger partial charge < -0.3 is 4.52 Å². The van der Waals surface area contributed by atoms with E-state index in [4.69, 9.17) is 27.7 Å². The molecule has 0 atom stereocenters. The smallest absolute Gasteiger partial charge is 0.361 e. The predicted octanol–water partition coefficient (Wildman–Crippen LogP) is 4.33. The van der Waals surface area contributed by atoms with Gasteiger partial charge in [-0.15, -0.1) is 0 Å². The molecule has 14 heteroatoms. The summed E-state index contributed by atoms with van der Waals surface area (Å²) in [4.78, 5) is 0. The first-order valence-corrected chi connectivity index (χ1v) is 10.9. The molecule has 0 aliphatic heterocycles. The Balaban J connectivity index is 2.13. The van der Waals surface area contributed by atoms with Gasteiger partial charge in [-0.25, -0.2) is 13.1 Å². The molecule has 1 aromatic carbocycles. The van der Waals surface area contributed by atoms with Gasteiger partial charge in [-0.2, -0.15) is 23.5 Å². The maximum absolute atomic E-state index is 13.0. The van der Waals surface area contributed by atoms with Crippen LogP contribution in [0.5, 0.6) is 0 Å². The van der Waals surface area contributed by atoms with Crippen molar-refractivity contribution in [1.29, 1.82) is 5.26 Å². The van der Waals surface area contributed by atoms with Gasteiger partial charge in [0.25, 0.3) is 0 Å².